The Balaban J connectivity index is 0. The van der Waals surface area contributed by atoms with Gasteiger partial charge in [-0.1, -0.05) is 0 Å². The van der Waals surface area contributed by atoms with Gasteiger partial charge in [0, 0.05) is 0 Å². The average molecular weight is 398 g/mol. The van der Waals surface area contributed by atoms with Crippen LogP contribution in [0.5, 0.6) is 0 Å². The molecule has 0 radical (unpaired) electrons. The van der Waals surface area contributed by atoms with Crippen molar-refractivity contribution in [2.75, 3.05) is 0 Å². The van der Waals surface area contributed by atoms with E-state index in [2.05, 4.69) is 0 Å². The molecule has 0 aliphatic carbocycles. The molecule has 0 aromatic carbocycles. The predicted molar refractivity (Wildman–Crippen MR) is 36.0 cm³/mol. The van der Waals surface area contributed by atoms with Crippen molar-refractivity contribution < 1.29 is 8.83 Å². The van der Waals surface area contributed by atoms with E-state index in [9.17, 15) is 0 Å². The largest absolute Gasteiger partial charge is 0.577 e. The Bertz CT molecular complexity index is 55.3. The van der Waals surface area contributed by atoms with Crippen molar-refractivity contribution in [2.45, 2.75) is 0 Å². The molecule has 0 spiro atoms. The van der Waals surface area contributed by atoms with E-state index < -0.39 is 8.83 Å². The molecule has 0 saturated heterocycles. The van der Waals surface area contributed by atoms with Crippen LogP contribution in [0.25, 0.3) is 5.59 Å². The van der Waals surface area contributed by atoms with Gasteiger partial charge in [-0.15, -0.1) is 0 Å². The quantitative estimate of drug-likeness (QED) is 0.613. The number of rotatable bonds is 0. The Hall–Kier alpha value is 1.69. The van der Waals surface area contributed by atoms with Crippen LogP contribution in [0, 0.1) is 4.91 Å². The molecule has 0 N–H and O–H groups in total. The molecule has 0 rings (SSSR count). The van der Waals surface area contributed by atoms with Gasteiger partial charge in [0.25, 0.3) is 0 Å². The molecule has 0 aromatic rings. The van der Waals surface area contributed by atoms with Gasteiger partial charge in [-0.25, -0.2) is 0 Å². The molecule has 0 aliphatic heterocycles. The smallest absolute Gasteiger partial charge is 0.423 e. The predicted octanol–water partition coefficient (Wildman–Crippen LogP) is 3.77. The van der Waals surface area contributed by atoms with Gasteiger partial charge >= 0.3 is 57.0 Å². The Labute approximate surface area is 67.0 Å². The molecular formula is Cl5NOOs-. The monoisotopic (exact) mass is 397 g/mol. The summed E-state index contributed by atoms with van der Waals surface area (Å²) in [5.74, 6) is 0. The Morgan fingerprint density at radius 1 is 0.875 bits per heavy atom. The fourth-order valence-corrected chi connectivity index (χ4v) is 0. The maximum Gasteiger partial charge on any atom is -0.423 e. The topological polar surface area (TPSA) is 39.4 Å². The summed E-state index contributed by atoms with van der Waals surface area (Å²) in [5.41, 5.74) is 5.75. The van der Waals surface area contributed by atoms with Gasteiger partial charge in [0.15, 0.2) is 0 Å². The van der Waals surface area contributed by atoms with Crippen molar-refractivity contribution in [3.8, 4) is 0 Å². The van der Waals surface area contributed by atoms with Gasteiger partial charge in [-0.3, -0.25) is 0 Å². The van der Waals surface area contributed by atoms with Crippen molar-refractivity contribution >= 4 is 48.2 Å². The molecule has 2 nitrogen and oxygen atoms in total. The number of hydrogen-bond acceptors (Lipinski definition) is 1. The van der Waals surface area contributed by atoms with Crippen LogP contribution in [-0.2, 0) is 8.83 Å². The molecule has 0 saturated carbocycles. The van der Waals surface area contributed by atoms with E-state index in [0.29, 0.717) is 0 Å². The summed E-state index contributed by atoms with van der Waals surface area (Å²) >= 11 is 0. The normalized spacial score (nSPS) is 14.9. The first kappa shape index (κ1) is 12.4. The number of nitrogens with zero attached hydrogens (tertiary/aromatic N) is 1. The molecule has 0 fully saturated rings. The third-order valence-corrected chi connectivity index (χ3v) is 0. The van der Waals surface area contributed by atoms with E-state index in [1.807, 2.05) is 0 Å². The number of halogens is 5. The fraction of sp³-hybridized carbons (Fsp3) is 0. The standard InChI is InChI=1S/5ClH.NO.Os/c;;;;;1-2;/h5*1H;;/q;;;;;-1;+5/p-5. The summed E-state index contributed by atoms with van der Waals surface area (Å²) in [4.78, 5) is 7.25. The SMILES string of the molecule is [Cl][Os]([Cl])([Cl])([Cl])[Cl].[N-]=O. The minimum absolute atomic E-state index is 4.29. The minimum Gasteiger partial charge on any atom is -0.577 e. The van der Waals surface area contributed by atoms with Crippen LogP contribution in [0.4, 0.5) is 0 Å². The second-order valence-corrected chi connectivity index (χ2v) is 37.2. The van der Waals surface area contributed by atoms with Crippen molar-refractivity contribution in [3.63, 3.8) is 0 Å². The summed E-state index contributed by atoms with van der Waals surface area (Å²) in [7, 11) is 20.9. The second kappa shape index (κ2) is 3.76. The zero-order valence-corrected chi connectivity index (χ0v) is 9.42. The molecule has 55 valence electrons. The van der Waals surface area contributed by atoms with E-state index in [1.54, 1.807) is 0 Å². The zero-order valence-electron chi connectivity index (χ0n) is 3.10. The number of hydrogen-bond donors (Lipinski definition) is 0. The summed E-state index contributed by atoms with van der Waals surface area (Å²) in [6.45, 7) is 0. The molecule has 8 heteroatoms. The molecule has 0 amide bonds. The van der Waals surface area contributed by atoms with Crippen LogP contribution in [0.15, 0.2) is 0 Å². The van der Waals surface area contributed by atoms with Crippen LogP contribution in [0.2, 0.25) is 0 Å². The van der Waals surface area contributed by atoms with Gasteiger partial charge in [-0.05, 0) is 0 Å². The maximum absolute atomic E-state index is 7.25. The summed E-state index contributed by atoms with van der Waals surface area (Å²) in [5, 5.41) is 0. The van der Waals surface area contributed by atoms with E-state index in [1.165, 1.54) is 0 Å². The van der Waals surface area contributed by atoms with Gasteiger partial charge in [0.05, 0.1) is 0 Å². The maximum atomic E-state index is 7.25. The van der Waals surface area contributed by atoms with E-state index >= 15 is 0 Å². The third kappa shape index (κ3) is 121. The van der Waals surface area contributed by atoms with Crippen molar-refractivity contribution in [2.24, 2.45) is 0 Å². The van der Waals surface area contributed by atoms with E-state index in [-0.39, 0.29) is 0 Å². The van der Waals surface area contributed by atoms with Crippen molar-refractivity contribution in [3.05, 3.63) is 10.5 Å². The average Bonchev–Trinajstić information content (AvgIpc) is 1.33. The van der Waals surface area contributed by atoms with Crippen LogP contribution < -0.4 is 0 Å². The Morgan fingerprint density at radius 3 is 0.875 bits per heavy atom. The number of nitroso groups, excluding NO2 is 1. The third-order valence-electron chi connectivity index (χ3n) is 0. The van der Waals surface area contributed by atoms with Gasteiger partial charge in [0.1, 0.15) is 0 Å². The fourth-order valence-electron chi connectivity index (χ4n) is 0. The van der Waals surface area contributed by atoms with Crippen molar-refractivity contribution in [1.29, 1.82) is 0 Å². The molecule has 0 aliphatic rings. The van der Waals surface area contributed by atoms with E-state index in [0.717, 1.165) is 0 Å². The van der Waals surface area contributed by atoms with Crippen molar-refractivity contribution in [1.82, 2.24) is 0 Å². The molecule has 0 heterocycles. The van der Waals surface area contributed by atoms with Gasteiger partial charge in [-0.2, -0.15) is 0 Å². The Kier molecular flexibility index (Phi) is 5.81. The summed E-state index contributed by atoms with van der Waals surface area (Å²) in [6, 6.07) is 0. The van der Waals surface area contributed by atoms with Crippen LogP contribution in [0.1, 0.15) is 0 Å². The molecule has 0 bridgehead atoms. The molecule has 0 atom stereocenters. The Morgan fingerprint density at radius 2 is 0.875 bits per heavy atom. The molecule has 0 aromatic heterocycles. The molecule has 0 unspecified atom stereocenters. The van der Waals surface area contributed by atoms with E-state index in [4.69, 9.17) is 58.7 Å². The van der Waals surface area contributed by atoms with Crippen LogP contribution >= 0.6 is 48.2 Å². The molecular weight excluding hydrogens is 398 g/mol. The summed E-state index contributed by atoms with van der Waals surface area (Å²) in [6.07, 6.45) is 0. The van der Waals surface area contributed by atoms with Crippen LogP contribution in [-0.4, -0.2) is 0 Å². The second-order valence-electron chi connectivity index (χ2n) is 0.505. The first-order chi connectivity index (χ1) is 3.24. The van der Waals surface area contributed by atoms with Gasteiger partial charge in [0.2, 0.25) is 0 Å². The first-order valence-electron chi connectivity index (χ1n) is 0.851. The minimum atomic E-state index is -4.29. The molecule has 8 heavy (non-hydrogen) atoms. The zero-order chi connectivity index (χ0) is 7.45. The first-order valence-corrected chi connectivity index (χ1v) is 16.6. The van der Waals surface area contributed by atoms with Gasteiger partial charge < -0.3 is 10.5 Å². The summed E-state index contributed by atoms with van der Waals surface area (Å²) < 4.78 is 0. The van der Waals surface area contributed by atoms with Crippen LogP contribution in [0.3, 0.4) is 0 Å².